The maximum absolute atomic E-state index is 11.7. The van der Waals surface area contributed by atoms with Gasteiger partial charge in [0.05, 0.1) is 53.1 Å². The normalized spacial score (nSPS) is 12.8. The van der Waals surface area contributed by atoms with Crippen molar-refractivity contribution < 1.29 is 38.1 Å². The molecule has 0 saturated heterocycles. The predicted molar refractivity (Wildman–Crippen MR) is 64.3 cm³/mol. The minimum Gasteiger partial charge on any atom is -0.469 e. The first-order chi connectivity index (χ1) is 9.40. The number of ether oxygens (including phenoxy) is 4. The van der Waals surface area contributed by atoms with Crippen molar-refractivity contribution in [2.45, 2.75) is 12.8 Å². The van der Waals surface area contributed by atoms with E-state index in [0.29, 0.717) is 0 Å². The van der Waals surface area contributed by atoms with Crippen molar-refractivity contribution in [1.82, 2.24) is 0 Å². The number of hydrogen-bond donors (Lipinski definition) is 0. The third-order valence-electron chi connectivity index (χ3n) is 2.72. The molecular weight excluding hydrogens is 272 g/mol. The molecule has 0 fully saturated rings. The molecule has 0 bridgehead atoms. The smallest absolute Gasteiger partial charge is 0.310 e. The average molecular weight is 290 g/mol. The molecule has 0 spiro atoms. The summed E-state index contributed by atoms with van der Waals surface area (Å²) >= 11 is 0. The molecule has 20 heavy (non-hydrogen) atoms. The van der Waals surface area contributed by atoms with Gasteiger partial charge in [-0.2, -0.15) is 0 Å². The highest BCUT2D eigenvalue weighted by Crippen LogP contribution is 2.24. The number of carbonyl (C=O) groups excluding carboxylic acids is 4. The maximum atomic E-state index is 11.7. The van der Waals surface area contributed by atoms with Gasteiger partial charge in [0.25, 0.3) is 0 Å². The molecule has 0 N–H and O–H groups in total. The Morgan fingerprint density at radius 2 is 0.950 bits per heavy atom. The van der Waals surface area contributed by atoms with Crippen LogP contribution in [0, 0.1) is 11.8 Å². The molecule has 2 atom stereocenters. The molecule has 0 heterocycles. The van der Waals surface area contributed by atoms with Crippen LogP contribution in [-0.4, -0.2) is 52.3 Å². The van der Waals surface area contributed by atoms with Crippen molar-refractivity contribution in [3.63, 3.8) is 0 Å². The van der Waals surface area contributed by atoms with E-state index in [2.05, 4.69) is 18.9 Å². The number of esters is 4. The lowest BCUT2D eigenvalue weighted by Gasteiger charge is -2.21. The molecule has 0 saturated carbocycles. The van der Waals surface area contributed by atoms with Crippen molar-refractivity contribution in [3.8, 4) is 0 Å². The Labute approximate surface area is 116 Å². The highest BCUT2D eigenvalue weighted by atomic mass is 16.5. The van der Waals surface area contributed by atoms with Gasteiger partial charge in [-0.05, 0) is 0 Å². The first-order valence-electron chi connectivity index (χ1n) is 5.70. The van der Waals surface area contributed by atoms with Gasteiger partial charge in [0, 0.05) is 0 Å². The predicted octanol–water partition coefficient (Wildman–Crippen LogP) is -0.309. The van der Waals surface area contributed by atoms with E-state index >= 15 is 0 Å². The van der Waals surface area contributed by atoms with Gasteiger partial charge in [-0.1, -0.05) is 0 Å². The lowest BCUT2D eigenvalue weighted by molar-refractivity contribution is -0.164. The van der Waals surface area contributed by atoms with Crippen LogP contribution in [0.1, 0.15) is 12.8 Å². The zero-order valence-corrected chi connectivity index (χ0v) is 11.8. The van der Waals surface area contributed by atoms with Gasteiger partial charge >= 0.3 is 23.9 Å². The zero-order chi connectivity index (χ0) is 15.7. The second-order valence-electron chi connectivity index (χ2n) is 3.82. The number of hydrogen-bond acceptors (Lipinski definition) is 8. The molecule has 0 radical (unpaired) electrons. The second-order valence-corrected chi connectivity index (χ2v) is 3.82. The van der Waals surface area contributed by atoms with Gasteiger partial charge in [-0.3, -0.25) is 19.2 Å². The summed E-state index contributed by atoms with van der Waals surface area (Å²) in [5.74, 6) is -5.40. The van der Waals surface area contributed by atoms with E-state index in [1.54, 1.807) is 0 Å². The quantitative estimate of drug-likeness (QED) is 0.464. The van der Waals surface area contributed by atoms with Crippen LogP contribution in [0.5, 0.6) is 0 Å². The van der Waals surface area contributed by atoms with Gasteiger partial charge in [-0.15, -0.1) is 0 Å². The lowest BCUT2D eigenvalue weighted by Crippen LogP contribution is -2.35. The highest BCUT2D eigenvalue weighted by molar-refractivity contribution is 5.88. The van der Waals surface area contributed by atoms with E-state index in [0.717, 1.165) is 28.4 Å². The molecule has 0 aromatic carbocycles. The van der Waals surface area contributed by atoms with Crippen molar-refractivity contribution in [1.29, 1.82) is 0 Å². The maximum Gasteiger partial charge on any atom is 0.310 e. The third kappa shape index (κ3) is 5.25. The molecule has 8 heteroatoms. The fourth-order valence-corrected chi connectivity index (χ4v) is 1.61. The van der Waals surface area contributed by atoms with Crippen molar-refractivity contribution in [2.75, 3.05) is 28.4 Å². The van der Waals surface area contributed by atoms with Crippen LogP contribution in [0.2, 0.25) is 0 Å². The van der Waals surface area contributed by atoms with E-state index in [4.69, 9.17) is 0 Å². The number of methoxy groups -OCH3 is 4. The Hall–Kier alpha value is -2.12. The molecule has 0 aliphatic carbocycles. The Bertz CT molecular complexity index is 340. The number of carbonyl (C=O) groups is 4. The van der Waals surface area contributed by atoms with Gasteiger partial charge < -0.3 is 18.9 Å². The SMILES string of the molecule is COC(=O)C[C@H](C(=O)OC)[C@H](CC(=O)OC)C(=O)OC. The summed E-state index contributed by atoms with van der Waals surface area (Å²) in [7, 11) is 4.51. The van der Waals surface area contributed by atoms with Gasteiger partial charge in [-0.25, -0.2) is 0 Å². The number of rotatable bonds is 7. The molecule has 114 valence electrons. The lowest BCUT2D eigenvalue weighted by atomic mass is 9.86. The molecule has 0 aliphatic rings. The van der Waals surface area contributed by atoms with E-state index in [1.807, 2.05) is 0 Å². The van der Waals surface area contributed by atoms with Crippen molar-refractivity contribution >= 4 is 23.9 Å². The summed E-state index contributed by atoms with van der Waals surface area (Å²) < 4.78 is 18.0. The van der Waals surface area contributed by atoms with E-state index in [-0.39, 0.29) is 0 Å². The van der Waals surface area contributed by atoms with E-state index < -0.39 is 48.6 Å². The molecule has 0 amide bonds. The van der Waals surface area contributed by atoms with Crippen molar-refractivity contribution in [3.05, 3.63) is 0 Å². The standard InChI is InChI=1S/C12H18O8/c1-17-9(13)5-7(11(15)19-3)8(12(16)20-4)6-10(14)18-2/h7-8H,5-6H2,1-4H3/t7-,8-/m0/s1. The zero-order valence-electron chi connectivity index (χ0n) is 11.8. The molecule has 0 unspecified atom stereocenters. The molecular formula is C12H18O8. The minimum absolute atomic E-state index is 0.403. The third-order valence-corrected chi connectivity index (χ3v) is 2.72. The first kappa shape index (κ1) is 17.9. The van der Waals surface area contributed by atoms with Crippen LogP contribution in [0.4, 0.5) is 0 Å². The Morgan fingerprint density at radius 1 is 0.650 bits per heavy atom. The summed E-state index contributed by atoms with van der Waals surface area (Å²) in [6.07, 6.45) is -0.806. The van der Waals surface area contributed by atoms with Crippen LogP contribution in [0.3, 0.4) is 0 Å². The van der Waals surface area contributed by atoms with Crippen molar-refractivity contribution in [2.24, 2.45) is 11.8 Å². The fourth-order valence-electron chi connectivity index (χ4n) is 1.61. The highest BCUT2D eigenvalue weighted by Gasteiger charge is 2.39. The Kier molecular flexibility index (Phi) is 7.95. The van der Waals surface area contributed by atoms with E-state index in [1.165, 1.54) is 0 Å². The summed E-state index contributed by atoms with van der Waals surface area (Å²) in [5, 5.41) is 0. The summed E-state index contributed by atoms with van der Waals surface area (Å²) in [6, 6.07) is 0. The van der Waals surface area contributed by atoms with Gasteiger partial charge in [0.15, 0.2) is 0 Å². The van der Waals surface area contributed by atoms with Gasteiger partial charge in [0.2, 0.25) is 0 Å². The molecule has 0 rings (SSSR count). The first-order valence-corrected chi connectivity index (χ1v) is 5.70. The van der Waals surface area contributed by atoms with Crippen LogP contribution >= 0.6 is 0 Å². The average Bonchev–Trinajstić information content (AvgIpc) is 2.48. The Balaban J connectivity index is 5.26. The minimum atomic E-state index is -1.18. The van der Waals surface area contributed by atoms with Crippen LogP contribution in [0.15, 0.2) is 0 Å². The van der Waals surface area contributed by atoms with E-state index in [9.17, 15) is 19.2 Å². The largest absolute Gasteiger partial charge is 0.469 e. The molecule has 8 nitrogen and oxygen atoms in total. The van der Waals surface area contributed by atoms with Crippen LogP contribution in [-0.2, 0) is 38.1 Å². The molecule has 0 aromatic heterocycles. The van der Waals surface area contributed by atoms with Crippen LogP contribution < -0.4 is 0 Å². The topological polar surface area (TPSA) is 105 Å². The monoisotopic (exact) mass is 290 g/mol. The van der Waals surface area contributed by atoms with Crippen LogP contribution in [0.25, 0.3) is 0 Å². The summed E-state index contributed by atoms with van der Waals surface area (Å²) in [6.45, 7) is 0. The Morgan fingerprint density at radius 3 is 1.15 bits per heavy atom. The summed E-state index contributed by atoms with van der Waals surface area (Å²) in [4.78, 5) is 46.0. The molecule has 0 aliphatic heterocycles. The molecule has 0 aromatic rings. The fraction of sp³-hybridized carbons (Fsp3) is 0.667. The summed E-state index contributed by atoms with van der Waals surface area (Å²) in [5.41, 5.74) is 0. The second kappa shape index (κ2) is 8.89. The van der Waals surface area contributed by atoms with Gasteiger partial charge in [0.1, 0.15) is 0 Å².